The van der Waals surface area contributed by atoms with Gasteiger partial charge in [0.1, 0.15) is 0 Å². The average molecular weight is 260 g/mol. The van der Waals surface area contributed by atoms with Gasteiger partial charge in [0.2, 0.25) is 0 Å². The zero-order valence-corrected chi connectivity index (χ0v) is 12.2. The minimum absolute atomic E-state index is 0.605. The maximum Gasteiger partial charge on any atom is 0.0267 e. The third kappa shape index (κ3) is 3.06. The molecular formula is C17H24S. The number of rotatable bonds is 1. The van der Waals surface area contributed by atoms with Crippen molar-refractivity contribution in [1.82, 2.24) is 0 Å². The third-order valence-electron chi connectivity index (χ3n) is 4.32. The van der Waals surface area contributed by atoms with Gasteiger partial charge in [-0.3, -0.25) is 0 Å². The summed E-state index contributed by atoms with van der Waals surface area (Å²) < 4.78 is 0. The van der Waals surface area contributed by atoms with Crippen molar-refractivity contribution in [2.24, 2.45) is 5.92 Å². The lowest BCUT2D eigenvalue weighted by Gasteiger charge is -2.14. The van der Waals surface area contributed by atoms with Crippen LogP contribution in [0.15, 0.2) is 35.5 Å². The zero-order chi connectivity index (χ0) is 12.4. The zero-order valence-electron chi connectivity index (χ0n) is 11.4. The van der Waals surface area contributed by atoms with E-state index in [0.29, 0.717) is 16.4 Å². The van der Waals surface area contributed by atoms with Crippen LogP contribution in [0.4, 0.5) is 0 Å². The maximum absolute atomic E-state index is 2.55. The van der Waals surface area contributed by atoms with Gasteiger partial charge in [0, 0.05) is 16.9 Å². The highest BCUT2D eigenvalue weighted by atomic mass is 32.2. The number of allylic oxidation sites excluding steroid dienone is 5. The normalized spacial score (nSPS) is 35.9. The van der Waals surface area contributed by atoms with Crippen molar-refractivity contribution < 1.29 is 0 Å². The predicted molar refractivity (Wildman–Crippen MR) is 84.5 cm³/mol. The summed E-state index contributed by atoms with van der Waals surface area (Å²) in [6, 6.07) is 0. The van der Waals surface area contributed by atoms with Crippen LogP contribution < -0.4 is 0 Å². The molecule has 1 heteroatoms. The second-order valence-corrected chi connectivity index (χ2v) is 8.06. The Labute approximate surface area is 114 Å². The molecule has 1 aliphatic carbocycles. The Hall–Kier alpha value is -0.560. The van der Waals surface area contributed by atoms with Crippen LogP contribution in [0.3, 0.4) is 0 Å². The molecule has 0 bridgehead atoms. The SMILES string of the molecule is CC1=CC(C2=CC=S3CC3C=C2)CCCCCC1. The molecule has 0 nitrogen and oxygen atoms in total. The molecule has 2 aliphatic heterocycles. The van der Waals surface area contributed by atoms with E-state index in [1.165, 1.54) is 44.3 Å². The Bertz CT molecular complexity index is 437. The van der Waals surface area contributed by atoms with Crippen molar-refractivity contribution in [3.8, 4) is 0 Å². The molecule has 2 heterocycles. The molecule has 1 fully saturated rings. The van der Waals surface area contributed by atoms with Crippen LogP contribution >= 0.6 is 10.5 Å². The Morgan fingerprint density at radius 1 is 1.17 bits per heavy atom. The van der Waals surface area contributed by atoms with E-state index in [0.717, 1.165) is 5.25 Å². The lowest BCUT2D eigenvalue weighted by atomic mass is 9.91. The molecule has 98 valence electrons. The Morgan fingerprint density at radius 2 is 2.06 bits per heavy atom. The lowest BCUT2D eigenvalue weighted by Crippen LogP contribution is -2.01. The molecule has 0 spiro atoms. The number of fused-ring (bicyclic) bond motifs is 1. The number of hydrogen-bond acceptors (Lipinski definition) is 0. The molecule has 3 atom stereocenters. The van der Waals surface area contributed by atoms with Gasteiger partial charge in [-0.1, -0.05) is 49.1 Å². The summed E-state index contributed by atoms with van der Waals surface area (Å²) in [6.45, 7) is 2.32. The van der Waals surface area contributed by atoms with E-state index >= 15 is 0 Å². The van der Waals surface area contributed by atoms with E-state index in [1.807, 2.05) is 0 Å². The monoisotopic (exact) mass is 260 g/mol. The molecule has 3 aliphatic rings. The van der Waals surface area contributed by atoms with Gasteiger partial charge >= 0.3 is 0 Å². The van der Waals surface area contributed by atoms with Gasteiger partial charge < -0.3 is 0 Å². The molecule has 0 radical (unpaired) electrons. The van der Waals surface area contributed by atoms with Gasteiger partial charge in [0.05, 0.1) is 0 Å². The van der Waals surface area contributed by atoms with Crippen LogP contribution in [-0.4, -0.2) is 16.4 Å². The van der Waals surface area contributed by atoms with Crippen molar-refractivity contribution in [2.75, 3.05) is 5.75 Å². The Morgan fingerprint density at radius 3 is 3.00 bits per heavy atom. The van der Waals surface area contributed by atoms with Gasteiger partial charge in [0.15, 0.2) is 0 Å². The van der Waals surface area contributed by atoms with Crippen molar-refractivity contribution in [1.29, 1.82) is 0 Å². The molecule has 0 saturated carbocycles. The third-order valence-corrected chi connectivity index (χ3v) is 6.22. The van der Waals surface area contributed by atoms with E-state index < -0.39 is 0 Å². The van der Waals surface area contributed by atoms with Crippen LogP contribution in [0, 0.1) is 5.92 Å². The summed E-state index contributed by atoms with van der Waals surface area (Å²) in [5, 5.41) is 3.37. The smallest absolute Gasteiger partial charge is 0.0267 e. The molecule has 0 N–H and O–H groups in total. The van der Waals surface area contributed by atoms with Crippen molar-refractivity contribution >= 4 is 15.9 Å². The Balaban J connectivity index is 1.79. The first-order valence-electron chi connectivity index (χ1n) is 7.42. The fourth-order valence-electron chi connectivity index (χ4n) is 3.05. The highest BCUT2D eigenvalue weighted by Crippen LogP contribution is 2.42. The van der Waals surface area contributed by atoms with E-state index in [-0.39, 0.29) is 0 Å². The van der Waals surface area contributed by atoms with E-state index in [2.05, 4.69) is 36.6 Å². The van der Waals surface area contributed by atoms with E-state index in [9.17, 15) is 0 Å². The molecule has 0 aromatic heterocycles. The predicted octanol–water partition coefficient (Wildman–Crippen LogP) is 4.85. The first-order chi connectivity index (χ1) is 8.83. The minimum atomic E-state index is 0.605. The van der Waals surface area contributed by atoms with Crippen LogP contribution in [0.2, 0.25) is 0 Å². The fourth-order valence-corrected chi connectivity index (χ4v) is 4.62. The first-order valence-corrected chi connectivity index (χ1v) is 8.94. The maximum atomic E-state index is 2.55. The molecule has 0 aromatic carbocycles. The van der Waals surface area contributed by atoms with Crippen LogP contribution in [0.1, 0.15) is 45.4 Å². The minimum Gasteiger partial charge on any atom is -0.176 e. The van der Waals surface area contributed by atoms with Crippen LogP contribution in [0.5, 0.6) is 0 Å². The fraction of sp³-hybridized carbons (Fsp3) is 0.588. The standard InChI is InChI=1S/C17H24S/c1-14-6-4-2-3-5-7-16(12-14)15-8-9-17-13-18(17)11-10-15/h8-12,16-17H,2-7,13H2,1H3. The molecule has 3 rings (SSSR count). The second-order valence-electron chi connectivity index (χ2n) is 5.91. The van der Waals surface area contributed by atoms with E-state index in [4.69, 9.17) is 0 Å². The highest BCUT2D eigenvalue weighted by molar-refractivity contribution is 8.22. The van der Waals surface area contributed by atoms with Gasteiger partial charge in [-0.25, -0.2) is 0 Å². The summed E-state index contributed by atoms with van der Waals surface area (Å²) in [7, 11) is 0.605. The summed E-state index contributed by atoms with van der Waals surface area (Å²) in [4.78, 5) is 0. The molecule has 1 saturated heterocycles. The van der Waals surface area contributed by atoms with Crippen LogP contribution in [0.25, 0.3) is 0 Å². The molecular weight excluding hydrogens is 236 g/mol. The summed E-state index contributed by atoms with van der Waals surface area (Å²) >= 11 is 0. The summed E-state index contributed by atoms with van der Waals surface area (Å²) in [5.41, 5.74) is 3.17. The number of hydrogen-bond donors (Lipinski definition) is 0. The van der Waals surface area contributed by atoms with E-state index in [1.54, 1.807) is 11.1 Å². The highest BCUT2D eigenvalue weighted by Gasteiger charge is 2.26. The second kappa shape index (κ2) is 5.61. The average Bonchev–Trinajstić information content (AvgIpc) is 3.09. The topological polar surface area (TPSA) is 0 Å². The summed E-state index contributed by atoms with van der Waals surface area (Å²) in [5.74, 6) is 2.10. The van der Waals surface area contributed by atoms with Gasteiger partial charge in [-0.2, -0.15) is 10.5 Å². The molecule has 0 aromatic rings. The van der Waals surface area contributed by atoms with Crippen molar-refractivity contribution in [3.63, 3.8) is 0 Å². The largest absolute Gasteiger partial charge is 0.176 e. The molecule has 18 heavy (non-hydrogen) atoms. The summed E-state index contributed by atoms with van der Waals surface area (Å²) in [6.07, 6.45) is 18.2. The van der Waals surface area contributed by atoms with Crippen molar-refractivity contribution in [2.45, 2.75) is 50.7 Å². The van der Waals surface area contributed by atoms with Gasteiger partial charge in [0.25, 0.3) is 0 Å². The molecule has 0 amide bonds. The molecule has 3 unspecified atom stereocenters. The first kappa shape index (κ1) is 12.5. The quantitative estimate of drug-likeness (QED) is 0.359. The van der Waals surface area contributed by atoms with Gasteiger partial charge in [-0.15, -0.1) is 0 Å². The van der Waals surface area contributed by atoms with Crippen LogP contribution in [-0.2, 0) is 0 Å². The Kier molecular flexibility index (Phi) is 3.88. The van der Waals surface area contributed by atoms with Crippen molar-refractivity contribution in [3.05, 3.63) is 35.5 Å². The lowest BCUT2D eigenvalue weighted by molar-refractivity contribution is 0.584. The van der Waals surface area contributed by atoms with Gasteiger partial charge in [-0.05, 0) is 37.1 Å².